The molecule has 5 N–H and O–H groups in total. The van der Waals surface area contributed by atoms with Gasteiger partial charge in [0.15, 0.2) is 11.9 Å². The van der Waals surface area contributed by atoms with E-state index in [9.17, 15) is 29.1 Å². The third kappa shape index (κ3) is 9.11. The third-order valence-corrected chi connectivity index (χ3v) is 9.80. The van der Waals surface area contributed by atoms with Crippen LogP contribution in [0.4, 0.5) is 4.79 Å². The molecule has 6 atom stereocenters. The van der Waals surface area contributed by atoms with E-state index in [-0.39, 0.29) is 54.1 Å². The van der Waals surface area contributed by atoms with Crippen LogP contribution in [0.1, 0.15) is 63.7 Å². The number of rotatable bonds is 6. The number of methoxy groups -OCH3 is 2. The van der Waals surface area contributed by atoms with E-state index in [2.05, 4.69) is 0 Å². The van der Waals surface area contributed by atoms with Crippen molar-refractivity contribution in [2.24, 2.45) is 23.3 Å². The van der Waals surface area contributed by atoms with Crippen molar-refractivity contribution in [1.82, 2.24) is 4.90 Å². The average molecular weight is 716 g/mol. The summed E-state index contributed by atoms with van der Waals surface area (Å²) >= 11 is 0. The molecule has 2 aromatic rings. The number of amides is 2. The number of nitrogens with zero attached hydrogens (tertiary/aromatic N) is 1. The Bertz CT molecular complexity index is 1840. The highest BCUT2D eigenvalue weighted by molar-refractivity contribution is 6.24. The summed E-state index contributed by atoms with van der Waals surface area (Å²) in [5.41, 5.74) is 12.3. The summed E-state index contributed by atoms with van der Waals surface area (Å²) in [5.74, 6) is -3.18. The molecule has 2 aromatic carbocycles. The lowest BCUT2D eigenvalue weighted by Crippen LogP contribution is -2.41. The summed E-state index contributed by atoms with van der Waals surface area (Å²) in [7, 11) is 2.93. The molecule has 1 aliphatic carbocycles. The molecule has 0 saturated carbocycles. The van der Waals surface area contributed by atoms with Gasteiger partial charge >= 0.3 is 6.09 Å². The lowest BCUT2D eigenvalue weighted by molar-refractivity contribution is -0.128. The Morgan fingerprint density at radius 2 is 1.65 bits per heavy atom. The Morgan fingerprint density at radius 1 is 0.981 bits per heavy atom. The van der Waals surface area contributed by atoms with Gasteiger partial charge in [-0.3, -0.25) is 24.1 Å². The number of carbonyl (C=O) groups excluding carboxylic acids is 5. The molecule has 52 heavy (non-hydrogen) atoms. The van der Waals surface area contributed by atoms with E-state index in [0.717, 1.165) is 16.4 Å². The van der Waals surface area contributed by atoms with E-state index >= 15 is 0 Å². The first-order chi connectivity index (χ1) is 24.7. The number of fused-ring (bicyclic) bond motifs is 3. The van der Waals surface area contributed by atoms with Gasteiger partial charge in [0, 0.05) is 42.9 Å². The van der Waals surface area contributed by atoms with Crippen LogP contribution in [-0.2, 0) is 28.6 Å². The molecule has 0 saturated heterocycles. The monoisotopic (exact) mass is 715 g/mol. The van der Waals surface area contributed by atoms with Gasteiger partial charge in [-0.1, -0.05) is 68.5 Å². The lowest BCUT2D eigenvalue weighted by atomic mass is 9.85. The summed E-state index contributed by atoms with van der Waals surface area (Å²) in [5, 5.41) is 12.9. The molecule has 0 aromatic heterocycles. The van der Waals surface area contributed by atoms with Gasteiger partial charge in [0.2, 0.25) is 11.6 Å². The summed E-state index contributed by atoms with van der Waals surface area (Å²) in [6.45, 7) is 6.41. The van der Waals surface area contributed by atoms with E-state index in [4.69, 9.17) is 25.7 Å². The lowest BCUT2D eigenvalue weighted by Gasteiger charge is -2.30. The van der Waals surface area contributed by atoms with E-state index in [0.29, 0.717) is 16.5 Å². The second-order valence-electron chi connectivity index (χ2n) is 13.6. The zero-order valence-corrected chi connectivity index (χ0v) is 30.6. The number of aliphatic hydroxyl groups is 1. The minimum Gasteiger partial charge on any atom is -0.439 e. The molecular weight excluding hydrogens is 666 g/mol. The van der Waals surface area contributed by atoms with Crippen molar-refractivity contribution in [2.75, 3.05) is 20.8 Å². The van der Waals surface area contributed by atoms with Gasteiger partial charge < -0.3 is 30.8 Å². The van der Waals surface area contributed by atoms with Crippen molar-refractivity contribution < 1.29 is 43.3 Å². The maximum atomic E-state index is 14.3. The number of nitrogens with two attached hydrogens (primary N) is 2. The molecule has 2 amide bonds. The van der Waals surface area contributed by atoms with Gasteiger partial charge in [-0.2, -0.15) is 0 Å². The maximum Gasteiger partial charge on any atom is 0.405 e. The molecule has 0 unspecified atom stereocenters. The molecule has 278 valence electrons. The molecule has 2 aliphatic rings. The highest BCUT2D eigenvalue weighted by Crippen LogP contribution is 2.31. The zero-order chi connectivity index (χ0) is 38.3. The Hall–Kier alpha value is -4.91. The fourth-order valence-electron chi connectivity index (χ4n) is 6.95. The van der Waals surface area contributed by atoms with Gasteiger partial charge in [0.05, 0.1) is 36.3 Å². The average Bonchev–Trinajstić information content (AvgIpc) is 3.12. The number of hydrogen-bond donors (Lipinski definition) is 3. The van der Waals surface area contributed by atoms with E-state index in [1.165, 1.54) is 14.2 Å². The van der Waals surface area contributed by atoms with Gasteiger partial charge in [-0.15, -0.1) is 0 Å². The van der Waals surface area contributed by atoms with Crippen LogP contribution in [0.15, 0.2) is 88.8 Å². The Kier molecular flexibility index (Phi) is 13.4. The van der Waals surface area contributed by atoms with E-state index in [1.54, 1.807) is 57.2 Å². The summed E-state index contributed by atoms with van der Waals surface area (Å²) in [4.78, 5) is 68.8. The normalized spacial score (nSPS) is 27.8. The van der Waals surface area contributed by atoms with E-state index in [1.807, 2.05) is 25.1 Å². The number of hydrogen-bond acceptors (Lipinski definition) is 10. The van der Waals surface area contributed by atoms with Crippen LogP contribution in [0.25, 0.3) is 10.8 Å². The van der Waals surface area contributed by atoms with Crippen LogP contribution >= 0.6 is 0 Å². The van der Waals surface area contributed by atoms with E-state index < -0.39 is 66.2 Å². The van der Waals surface area contributed by atoms with Gasteiger partial charge in [-0.05, 0) is 61.8 Å². The first-order valence-electron chi connectivity index (χ1n) is 17.3. The second-order valence-corrected chi connectivity index (χ2v) is 13.6. The van der Waals surface area contributed by atoms with Crippen LogP contribution in [-0.4, -0.2) is 84.5 Å². The predicted molar refractivity (Wildman–Crippen MR) is 196 cm³/mol. The Morgan fingerprint density at radius 3 is 2.33 bits per heavy atom. The second kappa shape index (κ2) is 17.5. The molecule has 0 fully saturated rings. The summed E-state index contributed by atoms with van der Waals surface area (Å²) in [6, 6.07) is 12.6. The van der Waals surface area contributed by atoms with Crippen molar-refractivity contribution in [3.05, 3.63) is 94.4 Å². The van der Waals surface area contributed by atoms with Crippen molar-refractivity contribution in [1.29, 1.82) is 0 Å². The fraction of sp³-hybridized carbons (Fsp3) is 0.425. The van der Waals surface area contributed by atoms with Crippen LogP contribution in [0.2, 0.25) is 0 Å². The Labute approximate surface area is 304 Å². The quantitative estimate of drug-likeness (QED) is 0.215. The van der Waals surface area contributed by atoms with Gasteiger partial charge in [0.1, 0.15) is 0 Å². The predicted octanol–water partition coefficient (Wildman–Crippen LogP) is 4.69. The minimum atomic E-state index is -1.01. The third-order valence-electron chi connectivity index (χ3n) is 9.80. The number of ketones is 3. The number of allylic oxidation sites excluding steroid dienone is 3. The number of benzene rings is 2. The van der Waals surface area contributed by atoms with Gasteiger partial charge in [0.25, 0.3) is 5.91 Å². The molecule has 1 aliphatic heterocycles. The summed E-state index contributed by atoms with van der Waals surface area (Å²) in [6.07, 6.45) is 0.978. The maximum absolute atomic E-state index is 14.3. The number of ether oxygens (including phenoxy) is 3. The number of primary amides is 1. The Balaban J connectivity index is 1.81. The van der Waals surface area contributed by atoms with Gasteiger partial charge in [-0.25, -0.2) is 4.79 Å². The molecule has 12 heteroatoms. The molecule has 1 heterocycles. The summed E-state index contributed by atoms with van der Waals surface area (Å²) < 4.78 is 16.9. The van der Waals surface area contributed by atoms with Crippen molar-refractivity contribution in [3.8, 4) is 0 Å². The topological polar surface area (TPSA) is 189 Å². The molecule has 0 radical (unpaired) electrons. The standard InChI is InChI=1S/C40H49N3O9/c1-22-17-29-35(41)31(44)20-30(37(29)47)43(21-32(45)28-15-10-13-26-12-7-8-14-27(26)28)39(48)23(2)11-9-16-33(50-5)38(52-40(42)49)25(4)19-24(3)36(46)34(18-22)51-6/h7-8,10-15,19-20,22,24,33-34,36,38,46H,9,16-18,21,41H2,1-6H3,(H2,42,49)/b23-11+,25-19+/t22-,24+,33+,34+,36-,38+/m1/s1. The molecule has 2 bridgehead atoms. The number of Topliss-reactive ketones (excluding diaryl/α,β-unsaturated/α-hetero) is 2. The first-order valence-corrected chi connectivity index (χ1v) is 17.3. The van der Waals surface area contributed by atoms with Crippen LogP contribution in [0.3, 0.4) is 0 Å². The highest BCUT2D eigenvalue weighted by Gasteiger charge is 2.36. The van der Waals surface area contributed by atoms with Crippen molar-refractivity contribution >= 4 is 40.1 Å². The van der Waals surface area contributed by atoms with Crippen LogP contribution in [0.5, 0.6) is 0 Å². The smallest absolute Gasteiger partial charge is 0.405 e. The van der Waals surface area contributed by atoms with Crippen molar-refractivity contribution in [3.63, 3.8) is 0 Å². The van der Waals surface area contributed by atoms with Crippen molar-refractivity contribution in [2.45, 2.75) is 77.8 Å². The molecular formula is C40H49N3O9. The molecule has 4 rings (SSSR count). The van der Waals surface area contributed by atoms with Crippen LogP contribution < -0.4 is 11.5 Å². The zero-order valence-electron chi connectivity index (χ0n) is 30.6. The highest BCUT2D eigenvalue weighted by atomic mass is 16.6. The largest absolute Gasteiger partial charge is 0.439 e. The fourth-order valence-corrected chi connectivity index (χ4v) is 6.95. The molecule has 12 nitrogen and oxygen atoms in total. The van der Waals surface area contributed by atoms with Crippen LogP contribution in [0, 0.1) is 11.8 Å². The first kappa shape index (κ1) is 39.9. The SMILES string of the molecule is CO[C@H]1C[C@H](C)CC2=C(N)C(=O)C=C(C2=O)N(CC(=O)c2cccc3ccccc23)C(=O)/C(C)=C/CC[C@H](OC)[C@@H](OC(N)=O)/C(C)=C/[C@H](C)[C@H]1O. The number of aliphatic hydroxyl groups excluding tert-OH is 1. The minimum absolute atomic E-state index is 0.0208. The number of carbonyl (C=O) groups is 5. The molecule has 0 spiro atoms.